The predicted octanol–water partition coefficient (Wildman–Crippen LogP) is 1.32. The van der Waals surface area contributed by atoms with Crippen LogP contribution in [0.4, 0.5) is 26.3 Å². The van der Waals surface area contributed by atoms with Gasteiger partial charge in [-0.15, -0.1) is 0 Å². The first-order valence-corrected chi connectivity index (χ1v) is 12.3. The molecule has 1 aromatic rings. The van der Waals surface area contributed by atoms with Crippen molar-refractivity contribution in [2.24, 2.45) is 11.3 Å². The number of hydrogen-bond donors (Lipinski definition) is 2. The van der Waals surface area contributed by atoms with E-state index >= 15 is 0 Å². The molecule has 0 saturated carbocycles. The van der Waals surface area contributed by atoms with Crippen LogP contribution in [0.2, 0.25) is 0 Å². The zero-order valence-electron chi connectivity index (χ0n) is 19.6. The number of morpholine rings is 1. The van der Waals surface area contributed by atoms with Crippen LogP contribution in [0.5, 0.6) is 0 Å². The lowest BCUT2D eigenvalue weighted by Gasteiger charge is -2.36. The number of carboxylic acids is 2. The zero-order valence-corrected chi connectivity index (χ0v) is 20.4. The van der Waals surface area contributed by atoms with Gasteiger partial charge in [0.1, 0.15) is 4.90 Å². The van der Waals surface area contributed by atoms with Gasteiger partial charge in [0, 0.05) is 56.5 Å². The van der Waals surface area contributed by atoms with Crippen molar-refractivity contribution in [3.8, 4) is 0 Å². The van der Waals surface area contributed by atoms with Crippen LogP contribution in [0, 0.1) is 11.3 Å². The summed E-state index contributed by atoms with van der Waals surface area (Å²) in [6, 6.07) is 3.28. The average molecular weight is 581 g/mol. The number of halogens is 6. The second-order valence-corrected chi connectivity index (χ2v) is 10.5. The van der Waals surface area contributed by atoms with Crippen molar-refractivity contribution >= 4 is 22.0 Å². The normalized spacial score (nSPS) is 24.4. The molecule has 0 amide bonds. The number of fused-ring (bicyclic) bond motifs is 1. The molecule has 38 heavy (non-hydrogen) atoms. The maximum atomic E-state index is 12.9. The highest BCUT2D eigenvalue weighted by Gasteiger charge is 2.54. The van der Waals surface area contributed by atoms with Gasteiger partial charge < -0.3 is 19.7 Å². The third-order valence-electron chi connectivity index (χ3n) is 5.89. The summed E-state index contributed by atoms with van der Waals surface area (Å²) in [6.45, 7) is 6.51. The maximum absolute atomic E-state index is 12.9. The fraction of sp³-hybridized carbons (Fsp3) is 0.650. The molecule has 11 nitrogen and oxygen atoms in total. The molecule has 216 valence electrons. The van der Waals surface area contributed by atoms with Crippen LogP contribution in [0.1, 0.15) is 0 Å². The van der Waals surface area contributed by atoms with E-state index in [2.05, 4.69) is 9.88 Å². The van der Waals surface area contributed by atoms with Crippen LogP contribution < -0.4 is 0 Å². The molecule has 3 saturated heterocycles. The highest BCUT2D eigenvalue weighted by atomic mass is 32.2. The average Bonchev–Trinajstić information content (AvgIpc) is 3.37. The lowest BCUT2D eigenvalue weighted by Crippen LogP contribution is -2.47. The Bertz CT molecular complexity index is 1030. The van der Waals surface area contributed by atoms with E-state index < -0.39 is 34.3 Å². The van der Waals surface area contributed by atoms with Gasteiger partial charge in [0.05, 0.1) is 26.4 Å². The molecule has 2 atom stereocenters. The van der Waals surface area contributed by atoms with Crippen LogP contribution in [0.3, 0.4) is 0 Å². The number of alkyl halides is 6. The Hall–Kier alpha value is -2.54. The van der Waals surface area contributed by atoms with Gasteiger partial charge in [-0.3, -0.25) is 9.88 Å². The van der Waals surface area contributed by atoms with Crippen molar-refractivity contribution in [1.82, 2.24) is 14.2 Å². The number of aromatic nitrogens is 1. The van der Waals surface area contributed by atoms with Crippen LogP contribution in [0.15, 0.2) is 29.4 Å². The summed E-state index contributed by atoms with van der Waals surface area (Å²) in [5.74, 6) is -5.26. The van der Waals surface area contributed by atoms with Crippen molar-refractivity contribution in [2.75, 3.05) is 59.2 Å². The van der Waals surface area contributed by atoms with Crippen molar-refractivity contribution < 1.29 is 64.0 Å². The molecule has 0 aliphatic carbocycles. The van der Waals surface area contributed by atoms with E-state index in [0.29, 0.717) is 26.3 Å². The standard InChI is InChI=1S/C16H23N3O4S.2C2HF3O2/c20-24(21,15-2-1-3-17-8-15)19-9-14-10-23-13-16(14,12-19)11-18-4-6-22-7-5-18;2*3-2(4,5)1(6)7/h1-3,8,14H,4-7,9-13H2;2*(H,6,7)/t14-,16+;;/m1../s1. The minimum Gasteiger partial charge on any atom is -0.475 e. The first-order valence-electron chi connectivity index (χ1n) is 10.9. The Morgan fingerprint density at radius 3 is 2.08 bits per heavy atom. The molecule has 3 aliphatic rings. The molecule has 2 N–H and O–H groups in total. The molecule has 0 spiro atoms. The summed E-state index contributed by atoms with van der Waals surface area (Å²) in [7, 11) is -3.49. The fourth-order valence-electron chi connectivity index (χ4n) is 4.04. The summed E-state index contributed by atoms with van der Waals surface area (Å²) in [5, 5.41) is 14.2. The Labute approximate surface area is 213 Å². The summed E-state index contributed by atoms with van der Waals surface area (Å²) in [5.41, 5.74) is -0.105. The van der Waals surface area contributed by atoms with E-state index in [1.54, 1.807) is 22.6 Å². The first kappa shape index (κ1) is 31.7. The largest absolute Gasteiger partial charge is 0.490 e. The number of carboxylic acid groups (broad SMARTS) is 2. The second kappa shape index (κ2) is 12.5. The van der Waals surface area contributed by atoms with Gasteiger partial charge in [-0.25, -0.2) is 18.0 Å². The summed E-state index contributed by atoms with van der Waals surface area (Å²) in [6.07, 6.45) is -7.15. The molecule has 0 aromatic carbocycles. The van der Waals surface area contributed by atoms with Gasteiger partial charge in [0.25, 0.3) is 0 Å². The molecule has 1 aromatic heterocycles. The Morgan fingerprint density at radius 2 is 1.61 bits per heavy atom. The molecule has 4 rings (SSSR count). The van der Waals surface area contributed by atoms with Crippen molar-refractivity contribution in [3.05, 3.63) is 24.5 Å². The summed E-state index contributed by atoms with van der Waals surface area (Å²) < 4.78 is 102. The number of nitrogens with zero attached hydrogens (tertiary/aromatic N) is 3. The quantitative estimate of drug-likeness (QED) is 0.499. The van der Waals surface area contributed by atoms with Crippen molar-refractivity contribution in [1.29, 1.82) is 0 Å². The smallest absolute Gasteiger partial charge is 0.475 e. The van der Waals surface area contributed by atoms with E-state index in [0.717, 1.165) is 32.8 Å². The third kappa shape index (κ3) is 8.48. The highest BCUT2D eigenvalue weighted by Crippen LogP contribution is 2.43. The monoisotopic (exact) mass is 581 g/mol. The number of hydrogen-bond acceptors (Lipinski definition) is 8. The number of ether oxygens (including phenoxy) is 2. The van der Waals surface area contributed by atoms with Gasteiger partial charge in [0.15, 0.2) is 0 Å². The van der Waals surface area contributed by atoms with Gasteiger partial charge in [-0.05, 0) is 12.1 Å². The second-order valence-electron chi connectivity index (χ2n) is 8.56. The minimum atomic E-state index is -5.08. The van der Waals surface area contributed by atoms with E-state index in [-0.39, 0.29) is 16.2 Å². The molecular formula is C20H25F6N3O8S. The number of sulfonamides is 1. The molecule has 0 unspecified atom stereocenters. The van der Waals surface area contributed by atoms with E-state index in [1.807, 2.05) is 0 Å². The summed E-state index contributed by atoms with van der Waals surface area (Å²) >= 11 is 0. The fourth-order valence-corrected chi connectivity index (χ4v) is 5.59. The topological polar surface area (TPSA) is 147 Å². The van der Waals surface area contributed by atoms with Gasteiger partial charge in [-0.2, -0.15) is 30.6 Å². The van der Waals surface area contributed by atoms with Crippen molar-refractivity contribution in [2.45, 2.75) is 17.2 Å². The Morgan fingerprint density at radius 1 is 1.05 bits per heavy atom. The van der Waals surface area contributed by atoms with Gasteiger partial charge in [0.2, 0.25) is 10.0 Å². The van der Waals surface area contributed by atoms with E-state index in [4.69, 9.17) is 29.3 Å². The number of aliphatic carboxylic acids is 2. The SMILES string of the molecule is O=C(O)C(F)(F)F.O=C(O)C(F)(F)F.O=S(=O)(c1cccnc1)N1C[C@@H]2COC[C@]2(CN2CCOCC2)C1. The first-order chi connectivity index (χ1) is 17.5. The lowest BCUT2D eigenvalue weighted by molar-refractivity contribution is -0.193. The Kier molecular flexibility index (Phi) is 10.5. The van der Waals surface area contributed by atoms with Crippen LogP contribution in [-0.4, -0.2) is 116 Å². The molecular weight excluding hydrogens is 556 g/mol. The van der Waals surface area contributed by atoms with Gasteiger partial charge >= 0.3 is 24.3 Å². The van der Waals surface area contributed by atoms with Crippen molar-refractivity contribution in [3.63, 3.8) is 0 Å². The molecule has 3 fully saturated rings. The maximum Gasteiger partial charge on any atom is 0.490 e. The third-order valence-corrected chi connectivity index (χ3v) is 7.68. The van der Waals surface area contributed by atoms with Crippen LogP contribution >= 0.6 is 0 Å². The van der Waals surface area contributed by atoms with Crippen LogP contribution in [0.25, 0.3) is 0 Å². The number of carbonyl (C=O) groups is 2. The molecule has 4 heterocycles. The number of pyridine rings is 1. The van der Waals surface area contributed by atoms with Gasteiger partial charge in [-0.1, -0.05) is 0 Å². The molecule has 18 heteroatoms. The lowest BCUT2D eigenvalue weighted by atomic mass is 9.80. The van der Waals surface area contributed by atoms with Crippen LogP contribution in [-0.2, 0) is 29.1 Å². The number of rotatable bonds is 4. The molecule has 0 radical (unpaired) electrons. The Balaban J connectivity index is 0.000000301. The zero-order chi connectivity index (χ0) is 28.8. The summed E-state index contributed by atoms with van der Waals surface area (Å²) in [4.78, 5) is 24.4. The van der Waals surface area contributed by atoms with E-state index in [9.17, 15) is 34.8 Å². The predicted molar refractivity (Wildman–Crippen MR) is 114 cm³/mol. The minimum absolute atomic E-state index is 0.105. The molecule has 3 aliphatic heterocycles. The highest BCUT2D eigenvalue weighted by molar-refractivity contribution is 7.89. The molecule has 0 bridgehead atoms. The van der Waals surface area contributed by atoms with E-state index in [1.165, 1.54) is 6.20 Å².